The molecular formula is C15H14BrNO4. The van der Waals surface area contributed by atoms with Gasteiger partial charge in [-0.15, -0.1) is 0 Å². The first kappa shape index (κ1) is 15.5. The monoisotopic (exact) mass is 351 g/mol. The summed E-state index contributed by atoms with van der Waals surface area (Å²) in [6, 6.07) is 9.98. The van der Waals surface area contributed by atoms with Crippen molar-refractivity contribution in [2.75, 3.05) is 0 Å². The Morgan fingerprint density at radius 3 is 2.76 bits per heavy atom. The summed E-state index contributed by atoms with van der Waals surface area (Å²) in [5, 5.41) is 20.1. The number of rotatable bonds is 5. The molecule has 2 rings (SSSR count). The fraction of sp³-hybridized carbons (Fsp3) is 0.200. The first-order valence-corrected chi connectivity index (χ1v) is 7.06. The summed E-state index contributed by atoms with van der Waals surface area (Å²) >= 11 is 3.37. The van der Waals surface area contributed by atoms with Crippen LogP contribution in [-0.2, 0) is 13.2 Å². The number of aliphatic hydroxyl groups excluding tert-OH is 1. The lowest BCUT2D eigenvalue weighted by molar-refractivity contribution is -0.384. The van der Waals surface area contributed by atoms with Crippen molar-refractivity contribution in [3.63, 3.8) is 0 Å². The minimum absolute atomic E-state index is 0.0333. The zero-order valence-electron chi connectivity index (χ0n) is 11.4. The Morgan fingerprint density at radius 1 is 1.33 bits per heavy atom. The lowest BCUT2D eigenvalue weighted by atomic mass is 10.1. The van der Waals surface area contributed by atoms with Gasteiger partial charge >= 0.3 is 0 Å². The second-order valence-corrected chi connectivity index (χ2v) is 5.50. The number of nitro groups is 1. The molecule has 0 saturated heterocycles. The first-order chi connectivity index (χ1) is 10.0. The fourth-order valence-electron chi connectivity index (χ4n) is 2.04. The van der Waals surface area contributed by atoms with Gasteiger partial charge in [0.15, 0.2) is 0 Å². The molecule has 21 heavy (non-hydrogen) atoms. The van der Waals surface area contributed by atoms with Gasteiger partial charge in [0, 0.05) is 22.2 Å². The van der Waals surface area contributed by atoms with Crippen LogP contribution in [0.4, 0.5) is 5.69 Å². The van der Waals surface area contributed by atoms with Gasteiger partial charge in [-0.2, -0.15) is 0 Å². The standard InChI is InChI=1S/C15H14BrNO4/c1-10-5-13(16)7-12(8-18)15(10)21-9-11-3-2-4-14(6-11)17(19)20/h2-7,18H,8-9H2,1H3. The van der Waals surface area contributed by atoms with Crippen LogP contribution in [0.2, 0.25) is 0 Å². The van der Waals surface area contributed by atoms with Crippen LogP contribution in [0.15, 0.2) is 40.9 Å². The molecule has 2 aromatic rings. The Kier molecular flexibility index (Phi) is 4.93. The molecule has 0 aliphatic carbocycles. The van der Waals surface area contributed by atoms with Crippen LogP contribution in [-0.4, -0.2) is 10.0 Å². The molecule has 0 aromatic heterocycles. The van der Waals surface area contributed by atoms with Crippen molar-refractivity contribution >= 4 is 21.6 Å². The third kappa shape index (κ3) is 3.80. The zero-order chi connectivity index (χ0) is 15.4. The molecule has 0 amide bonds. The number of hydrogen-bond acceptors (Lipinski definition) is 4. The molecule has 0 unspecified atom stereocenters. The summed E-state index contributed by atoms with van der Waals surface area (Å²) in [7, 11) is 0. The third-order valence-electron chi connectivity index (χ3n) is 2.99. The highest BCUT2D eigenvalue weighted by Crippen LogP contribution is 2.29. The van der Waals surface area contributed by atoms with Gasteiger partial charge in [-0.3, -0.25) is 10.1 Å². The fourth-order valence-corrected chi connectivity index (χ4v) is 2.66. The number of hydrogen-bond donors (Lipinski definition) is 1. The lowest BCUT2D eigenvalue weighted by Gasteiger charge is -2.13. The van der Waals surface area contributed by atoms with Crippen molar-refractivity contribution in [2.24, 2.45) is 0 Å². The smallest absolute Gasteiger partial charge is 0.269 e. The van der Waals surface area contributed by atoms with E-state index in [9.17, 15) is 15.2 Å². The summed E-state index contributed by atoms with van der Waals surface area (Å²) in [6.45, 7) is 1.95. The second kappa shape index (κ2) is 6.69. The molecule has 0 aliphatic rings. The van der Waals surface area contributed by atoms with Gasteiger partial charge < -0.3 is 9.84 Å². The van der Waals surface area contributed by atoms with Crippen LogP contribution in [0.25, 0.3) is 0 Å². The Morgan fingerprint density at radius 2 is 2.10 bits per heavy atom. The zero-order valence-corrected chi connectivity index (χ0v) is 13.0. The maximum atomic E-state index is 10.7. The molecule has 0 saturated carbocycles. The van der Waals surface area contributed by atoms with Crippen molar-refractivity contribution in [1.29, 1.82) is 0 Å². The van der Waals surface area contributed by atoms with Crippen molar-refractivity contribution < 1.29 is 14.8 Å². The quantitative estimate of drug-likeness (QED) is 0.657. The Labute approximate surface area is 130 Å². The van der Waals surface area contributed by atoms with E-state index in [0.29, 0.717) is 16.9 Å². The maximum absolute atomic E-state index is 10.7. The van der Waals surface area contributed by atoms with E-state index in [4.69, 9.17) is 4.74 Å². The van der Waals surface area contributed by atoms with E-state index in [0.717, 1.165) is 10.0 Å². The molecule has 1 N–H and O–H groups in total. The SMILES string of the molecule is Cc1cc(Br)cc(CO)c1OCc1cccc([N+](=O)[O-])c1. The van der Waals surface area contributed by atoms with Gasteiger partial charge in [-0.1, -0.05) is 28.1 Å². The minimum atomic E-state index is -0.437. The van der Waals surface area contributed by atoms with E-state index in [1.165, 1.54) is 12.1 Å². The van der Waals surface area contributed by atoms with E-state index in [-0.39, 0.29) is 18.9 Å². The predicted octanol–water partition coefficient (Wildman–Crippen LogP) is 3.74. The van der Waals surface area contributed by atoms with Crippen LogP contribution in [0, 0.1) is 17.0 Å². The van der Waals surface area contributed by atoms with Crippen LogP contribution >= 0.6 is 15.9 Å². The largest absolute Gasteiger partial charge is 0.488 e. The van der Waals surface area contributed by atoms with Gasteiger partial charge in [0.05, 0.1) is 11.5 Å². The Hall–Kier alpha value is -1.92. The molecule has 0 aliphatic heterocycles. The molecular weight excluding hydrogens is 338 g/mol. The first-order valence-electron chi connectivity index (χ1n) is 6.27. The highest BCUT2D eigenvalue weighted by atomic mass is 79.9. The van der Waals surface area contributed by atoms with E-state index < -0.39 is 4.92 Å². The molecule has 0 spiro atoms. The number of non-ortho nitro benzene ring substituents is 1. The summed E-state index contributed by atoms with van der Waals surface area (Å²) in [6.07, 6.45) is 0. The van der Waals surface area contributed by atoms with Crippen LogP contribution < -0.4 is 4.74 Å². The average molecular weight is 352 g/mol. The predicted molar refractivity (Wildman–Crippen MR) is 82.2 cm³/mol. The van der Waals surface area contributed by atoms with Gasteiger partial charge in [0.1, 0.15) is 12.4 Å². The second-order valence-electron chi connectivity index (χ2n) is 4.58. The molecule has 6 heteroatoms. The Bertz CT molecular complexity index is 673. The number of ether oxygens (including phenoxy) is 1. The molecule has 0 atom stereocenters. The van der Waals surface area contributed by atoms with E-state index in [1.807, 2.05) is 13.0 Å². The van der Waals surface area contributed by atoms with E-state index in [1.54, 1.807) is 18.2 Å². The number of aryl methyl sites for hydroxylation is 1. The Balaban J connectivity index is 2.20. The van der Waals surface area contributed by atoms with E-state index in [2.05, 4.69) is 15.9 Å². The van der Waals surface area contributed by atoms with Crippen molar-refractivity contribution in [2.45, 2.75) is 20.1 Å². The van der Waals surface area contributed by atoms with Crippen LogP contribution in [0.3, 0.4) is 0 Å². The normalized spacial score (nSPS) is 10.4. The number of aliphatic hydroxyl groups is 1. The highest BCUT2D eigenvalue weighted by Gasteiger charge is 2.10. The lowest BCUT2D eigenvalue weighted by Crippen LogP contribution is -2.01. The molecule has 5 nitrogen and oxygen atoms in total. The summed E-state index contributed by atoms with van der Waals surface area (Å²) in [5.41, 5.74) is 2.30. The van der Waals surface area contributed by atoms with Gasteiger partial charge in [-0.25, -0.2) is 0 Å². The molecule has 0 fully saturated rings. The molecule has 2 aromatic carbocycles. The minimum Gasteiger partial charge on any atom is -0.488 e. The molecule has 0 radical (unpaired) electrons. The van der Waals surface area contributed by atoms with Crippen LogP contribution in [0.5, 0.6) is 5.75 Å². The van der Waals surface area contributed by atoms with Crippen molar-refractivity contribution in [1.82, 2.24) is 0 Å². The van der Waals surface area contributed by atoms with Crippen molar-refractivity contribution in [3.8, 4) is 5.75 Å². The summed E-state index contributed by atoms with van der Waals surface area (Å²) in [5.74, 6) is 0.604. The van der Waals surface area contributed by atoms with Gasteiger partial charge in [0.25, 0.3) is 5.69 Å². The van der Waals surface area contributed by atoms with Gasteiger partial charge in [-0.05, 0) is 30.2 Å². The summed E-state index contributed by atoms with van der Waals surface area (Å²) in [4.78, 5) is 10.3. The number of halogens is 1. The molecule has 0 heterocycles. The van der Waals surface area contributed by atoms with Crippen LogP contribution in [0.1, 0.15) is 16.7 Å². The maximum Gasteiger partial charge on any atom is 0.269 e. The molecule has 110 valence electrons. The summed E-state index contributed by atoms with van der Waals surface area (Å²) < 4.78 is 6.60. The van der Waals surface area contributed by atoms with E-state index >= 15 is 0 Å². The number of nitrogens with zero attached hydrogens (tertiary/aromatic N) is 1. The number of nitro benzene ring substituents is 1. The molecule has 0 bridgehead atoms. The number of benzene rings is 2. The van der Waals surface area contributed by atoms with Crippen molar-refractivity contribution in [3.05, 3.63) is 67.7 Å². The topological polar surface area (TPSA) is 72.6 Å². The average Bonchev–Trinajstić information content (AvgIpc) is 2.45. The third-order valence-corrected chi connectivity index (χ3v) is 3.45. The highest BCUT2D eigenvalue weighted by molar-refractivity contribution is 9.10. The van der Waals surface area contributed by atoms with Gasteiger partial charge in [0.2, 0.25) is 0 Å².